The Morgan fingerprint density at radius 3 is 2.33 bits per heavy atom. The fourth-order valence-corrected chi connectivity index (χ4v) is 2.59. The maximum absolute atomic E-state index is 12.0. The fraction of sp³-hybridized carbons (Fsp3) is 0.500. The minimum atomic E-state index is -1.75. The SMILES string of the molecule is Cc1ccc(NC(=S)NC(NC(=O)CC(C)C)C(Cl)(Cl)Cl)c(C)c1. The molecule has 1 rings (SSSR count). The van der Waals surface area contributed by atoms with Gasteiger partial charge in [-0.15, -0.1) is 0 Å². The van der Waals surface area contributed by atoms with E-state index in [1.54, 1.807) is 0 Å². The lowest BCUT2D eigenvalue weighted by Crippen LogP contribution is -2.56. The van der Waals surface area contributed by atoms with Crippen LogP contribution in [0.1, 0.15) is 31.4 Å². The van der Waals surface area contributed by atoms with Crippen LogP contribution in [0.4, 0.5) is 5.69 Å². The summed E-state index contributed by atoms with van der Waals surface area (Å²) in [4.78, 5) is 12.0. The highest BCUT2D eigenvalue weighted by Crippen LogP contribution is 2.29. The summed E-state index contributed by atoms with van der Waals surface area (Å²) in [6, 6.07) is 5.91. The van der Waals surface area contributed by atoms with E-state index in [4.69, 9.17) is 47.0 Å². The van der Waals surface area contributed by atoms with Gasteiger partial charge in [-0.3, -0.25) is 4.79 Å². The van der Waals surface area contributed by atoms with Crippen molar-refractivity contribution in [3.05, 3.63) is 29.3 Å². The molecule has 1 unspecified atom stereocenters. The second kappa shape index (κ2) is 9.09. The lowest BCUT2D eigenvalue weighted by Gasteiger charge is -2.28. The van der Waals surface area contributed by atoms with Crippen LogP contribution in [0.2, 0.25) is 0 Å². The Balaban J connectivity index is 2.75. The second-order valence-electron chi connectivity index (χ2n) is 6.06. The molecule has 0 bridgehead atoms. The largest absolute Gasteiger partial charge is 0.339 e. The molecule has 0 saturated carbocycles. The maximum Gasteiger partial charge on any atom is 0.228 e. The van der Waals surface area contributed by atoms with E-state index >= 15 is 0 Å². The van der Waals surface area contributed by atoms with E-state index in [9.17, 15) is 4.79 Å². The zero-order valence-electron chi connectivity index (χ0n) is 14.0. The van der Waals surface area contributed by atoms with Crippen molar-refractivity contribution >= 4 is 63.7 Å². The Kier molecular flexibility index (Phi) is 8.06. The van der Waals surface area contributed by atoms with E-state index in [0.717, 1.165) is 16.8 Å². The van der Waals surface area contributed by atoms with Crippen LogP contribution in [0.3, 0.4) is 0 Å². The summed E-state index contributed by atoms with van der Waals surface area (Å²) in [5, 5.41) is 8.80. The van der Waals surface area contributed by atoms with E-state index in [2.05, 4.69) is 16.0 Å². The summed E-state index contributed by atoms with van der Waals surface area (Å²) < 4.78 is -1.75. The van der Waals surface area contributed by atoms with Crippen LogP contribution < -0.4 is 16.0 Å². The van der Waals surface area contributed by atoms with Crippen molar-refractivity contribution < 1.29 is 4.79 Å². The van der Waals surface area contributed by atoms with Gasteiger partial charge in [-0.2, -0.15) is 0 Å². The van der Waals surface area contributed by atoms with Crippen molar-refractivity contribution in [3.63, 3.8) is 0 Å². The first kappa shape index (κ1) is 21.3. The van der Waals surface area contributed by atoms with E-state index < -0.39 is 9.96 Å². The number of benzene rings is 1. The summed E-state index contributed by atoms with van der Waals surface area (Å²) in [7, 11) is 0. The molecule has 1 aromatic carbocycles. The predicted molar refractivity (Wildman–Crippen MR) is 107 cm³/mol. The number of hydrogen-bond acceptors (Lipinski definition) is 2. The topological polar surface area (TPSA) is 53.2 Å². The number of anilines is 1. The number of hydrogen-bond donors (Lipinski definition) is 3. The Morgan fingerprint density at radius 2 is 1.83 bits per heavy atom. The first-order valence-electron chi connectivity index (χ1n) is 7.50. The van der Waals surface area contributed by atoms with Crippen molar-refractivity contribution in [2.45, 2.75) is 44.1 Å². The van der Waals surface area contributed by atoms with Crippen LogP contribution in [0, 0.1) is 19.8 Å². The van der Waals surface area contributed by atoms with Gasteiger partial charge >= 0.3 is 0 Å². The monoisotopic (exact) mass is 409 g/mol. The van der Waals surface area contributed by atoms with Crippen molar-refractivity contribution in [1.82, 2.24) is 10.6 Å². The highest BCUT2D eigenvalue weighted by atomic mass is 35.6. The molecular formula is C16H22Cl3N3OS. The molecule has 0 saturated heterocycles. The lowest BCUT2D eigenvalue weighted by atomic mass is 10.1. The predicted octanol–water partition coefficient (Wildman–Crippen LogP) is 4.45. The molecule has 1 atom stereocenters. The minimum Gasteiger partial charge on any atom is -0.339 e. The highest BCUT2D eigenvalue weighted by Gasteiger charge is 2.34. The molecular weight excluding hydrogens is 389 g/mol. The molecule has 3 N–H and O–H groups in total. The van der Waals surface area contributed by atoms with Gasteiger partial charge in [0, 0.05) is 12.1 Å². The normalized spacial score (nSPS) is 12.7. The Bertz CT molecular complexity index is 603. The molecule has 0 spiro atoms. The molecule has 1 aromatic rings. The molecule has 0 fully saturated rings. The van der Waals surface area contributed by atoms with Crippen LogP contribution >= 0.6 is 47.0 Å². The lowest BCUT2D eigenvalue weighted by molar-refractivity contribution is -0.122. The molecule has 0 aliphatic heterocycles. The van der Waals surface area contributed by atoms with Gasteiger partial charge in [0.2, 0.25) is 9.70 Å². The zero-order chi connectivity index (χ0) is 18.5. The van der Waals surface area contributed by atoms with Gasteiger partial charge in [0.05, 0.1) is 0 Å². The molecule has 0 aromatic heterocycles. The summed E-state index contributed by atoms with van der Waals surface area (Å²) in [6.45, 7) is 7.85. The summed E-state index contributed by atoms with van der Waals surface area (Å²) >= 11 is 23.1. The van der Waals surface area contributed by atoms with Crippen LogP contribution in [-0.4, -0.2) is 21.0 Å². The molecule has 4 nitrogen and oxygen atoms in total. The Hall–Kier alpha value is -0.750. The van der Waals surface area contributed by atoms with E-state index in [0.29, 0.717) is 6.42 Å². The third-order valence-corrected chi connectivity index (χ3v) is 4.01. The van der Waals surface area contributed by atoms with Gasteiger partial charge in [0.1, 0.15) is 6.17 Å². The number of carbonyl (C=O) groups is 1. The molecule has 0 radical (unpaired) electrons. The van der Waals surface area contributed by atoms with Gasteiger partial charge in [-0.25, -0.2) is 0 Å². The van der Waals surface area contributed by atoms with Crippen LogP contribution in [0.25, 0.3) is 0 Å². The van der Waals surface area contributed by atoms with Gasteiger partial charge in [0.25, 0.3) is 0 Å². The van der Waals surface area contributed by atoms with Gasteiger partial charge in [-0.1, -0.05) is 66.3 Å². The van der Waals surface area contributed by atoms with Gasteiger partial charge < -0.3 is 16.0 Å². The number of alkyl halides is 3. The third kappa shape index (κ3) is 7.43. The Morgan fingerprint density at radius 1 is 1.21 bits per heavy atom. The van der Waals surface area contributed by atoms with Crippen molar-refractivity contribution in [2.75, 3.05) is 5.32 Å². The number of amides is 1. The maximum atomic E-state index is 12.0. The standard InChI is InChI=1S/C16H22Cl3N3OS/c1-9(2)7-13(23)21-14(16(17,18)19)22-15(24)20-12-6-5-10(3)8-11(12)4/h5-6,8-9,14H,7H2,1-4H3,(H,21,23)(H2,20,22,24). The molecule has 1 amide bonds. The number of thiocarbonyl (C=S) groups is 1. The summed E-state index contributed by atoms with van der Waals surface area (Å²) in [5.74, 6) is -0.0237. The smallest absolute Gasteiger partial charge is 0.228 e. The van der Waals surface area contributed by atoms with Crippen LogP contribution in [0.15, 0.2) is 18.2 Å². The Labute approximate surface area is 163 Å². The highest BCUT2D eigenvalue weighted by molar-refractivity contribution is 7.80. The van der Waals surface area contributed by atoms with E-state index in [-0.39, 0.29) is 16.9 Å². The van der Waals surface area contributed by atoms with Crippen LogP contribution in [-0.2, 0) is 4.79 Å². The van der Waals surface area contributed by atoms with Crippen molar-refractivity contribution in [2.24, 2.45) is 5.92 Å². The average molecular weight is 411 g/mol. The first-order valence-corrected chi connectivity index (χ1v) is 9.04. The fourth-order valence-electron chi connectivity index (χ4n) is 2.03. The van der Waals surface area contributed by atoms with Crippen molar-refractivity contribution in [3.8, 4) is 0 Å². The minimum absolute atomic E-state index is 0.196. The number of carbonyl (C=O) groups excluding carboxylic acids is 1. The molecule has 24 heavy (non-hydrogen) atoms. The second-order valence-corrected chi connectivity index (χ2v) is 8.83. The van der Waals surface area contributed by atoms with Gasteiger partial charge in [0.15, 0.2) is 5.11 Å². The quantitative estimate of drug-likeness (QED) is 0.381. The molecule has 0 heterocycles. The van der Waals surface area contributed by atoms with E-state index in [1.165, 1.54) is 0 Å². The first-order chi connectivity index (χ1) is 11.0. The molecule has 134 valence electrons. The van der Waals surface area contributed by atoms with Crippen LogP contribution in [0.5, 0.6) is 0 Å². The molecule has 0 aliphatic rings. The zero-order valence-corrected chi connectivity index (χ0v) is 17.1. The molecule has 8 heteroatoms. The molecule has 0 aliphatic carbocycles. The van der Waals surface area contributed by atoms with E-state index in [1.807, 2.05) is 45.9 Å². The summed E-state index contributed by atoms with van der Waals surface area (Å²) in [6.07, 6.45) is -0.615. The van der Waals surface area contributed by atoms with Gasteiger partial charge in [-0.05, 0) is 43.6 Å². The number of nitrogens with one attached hydrogen (secondary N) is 3. The number of halogens is 3. The average Bonchev–Trinajstić information content (AvgIpc) is 2.39. The number of rotatable bonds is 5. The summed E-state index contributed by atoms with van der Waals surface area (Å²) in [5.41, 5.74) is 3.03. The van der Waals surface area contributed by atoms with Crippen molar-refractivity contribution in [1.29, 1.82) is 0 Å². The number of aryl methyl sites for hydroxylation is 2. The third-order valence-electron chi connectivity index (χ3n) is 3.13.